The quantitative estimate of drug-likeness (QED) is 0.524. The molecule has 0 spiro atoms. The molecule has 0 radical (unpaired) electrons. The molecule has 1 aliphatic heterocycles. The maximum Gasteiger partial charge on any atom is 0.338 e. The Morgan fingerprint density at radius 2 is 1.77 bits per heavy atom. The average molecular weight is 444 g/mol. The molecule has 1 fully saturated rings. The lowest BCUT2D eigenvalue weighted by atomic mass is 10.1. The van der Waals surface area contributed by atoms with Crippen molar-refractivity contribution in [1.29, 1.82) is 0 Å². The summed E-state index contributed by atoms with van der Waals surface area (Å²) in [6.07, 6.45) is -0.107. The van der Waals surface area contributed by atoms with Crippen molar-refractivity contribution in [3.05, 3.63) is 65.5 Å². The van der Waals surface area contributed by atoms with Gasteiger partial charge < -0.3 is 15.0 Å². The minimum Gasteiger partial charge on any atom is -0.462 e. The Morgan fingerprint density at radius 3 is 2.39 bits per heavy atom. The van der Waals surface area contributed by atoms with Crippen LogP contribution in [0.15, 0.2) is 48.5 Å². The molecule has 9 heteroatoms. The standard InChI is InChI=1S/C22H22FN3O4S/c1-3-30-21(29)15-6-10-17(11-7-15)24-19(27)12-18-20(28)25(2)22(31)26(18)13-14-4-8-16(23)9-5-14/h4-11,18H,3,12-13H2,1-2H3,(H,24,27). The highest BCUT2D eigenvalue weighted by molar-refractivity contribution is 7.80. The minimum absolute atomic E-state index is 0.107. The smallest absolute Gasteiger partial charge is 0.338 e. The number of hydrogen-bond acceptors (Lipinski definition) is 5. The van der Waals surface area contributed by atoms with Crippen molar-refractivity contribution in [3.8, 4) is 0 Å². The molecular weight excluding hydrogens is 421 g/mol. The zero-order chi connectivity index (χ0) is 22.5. The molecule has 0 aromatic heterocycles. The molecule has 2 aromatic rings. The van der Waals surface area contributed by atoms with Crippen molar-refractivity contribution < 1.29 is 23.5 Å². The van der Waals surface area contributed by atoms with E-state index in [1.165, 1.54) is 17.0 Å². The summed E-state index contributed by atoms with van der Waals surface area (Å²) in [6.45, 7) is 2.28. The molecule has 0 saturated carbocycles. The third-order valence-corrected chi connectivity index (χ3v) is 5.36. The summed E-state index contributed by atoms with van der Waals surface area (Å²) >= 11 is 5.37. The number of nitrogens with zero attached hydrogens (tertiary/aromatic N) is 2. The first kappa shape index (κ1) is 22.4. The molecule has 0 aliphatic carbocycles. The number of anilines is 1. The van der Waals surface area contributed by atoms with Gasteiger partial charge in [0.05, 0.1) is 18.6 Å². The molecule has 1 unspecified atom stereocenters. The topological polar surface area (TPSA) is 78.9 Å². The predicted octanol–water partition coefficient (Wildman–Crippen LogP) is 2.96. The summed E-state index contributed by atoms with van der Waals surface area (Å²) in [4.78, 5) is 40.0. The first-order chi connectivity index (χ1) is 14.8. The van der Waals surface area contributed by atoms with Crippen LogP contribution in [0.1, 0.15) is 29.3 Å². The van der Waals surface area contributed by atoms with E-state index in [4.69, 9.17) is 17.0 Å². The number of hydrogen-bond donors (Lipinski definition) is 1. The largest absolute Gasteiger partial charge is 0.462 e. The Morgan fingerprint density at radius 1 is 1.13 bits per heavy atom. The molecule has 1 atom stereocenters. The van der Waals surface area contributed by atoms with Gasteiger partial charge in [-0.3, -0.25) is 14.5 Å². The molecule has 31 heavy (non-hydrogen) atoms. The second kappa shape index (κ2) is 9.65. The van der Waals surface area contributed by atoms with Crippen molar-refractivity contribution in [2.75, 3.05) is 19.0 Å². The van der Waals surface area contributed by atoms with E-state index >= 15 is 0 Å². The number of halogens is 1. The fourth-order valence-corrected chi connectivity index (χ4v) is 3.51. The van der Waals surface area contributed by atoms with Crippen molar-refractivity contribution in [2.24, 2.45) is 0 Å². The maximum atomic E-state index is 13.2. The number of carbonyl (C=O) groups excluding carboxylic acids is 3. The molecule has 2 aromatic carbocycles. The van der Waals surface area contributed by atoms with Gasteiger partial charge in [-0.1, -0.05) is 12.1 Å². The molecule has 162 valence electrons. The van der Waals surface area contributed by atoms with Gasteiger partial charge in [-0.15, -0.1) is 0 Å². The number of esters is 1. The van der Waals surface area contributed by atoms with Crippen molar-refractivity contribution in [1.82, 2.24) is 9.80 Å². The fraction of sp³-hybridized carbons (Fsp3) is 0.273. The summed E-state index contributed by atoms with van der Waals surface area (Å²) < 4.78 is 18.1. The summed E-state index contributed by atoms with van der Waals surface area (Å²) in [5, 5.41) is 3.04. The highest BCUT2D eigenvalue weighted by atomic mass is 32.1. The van der Waals surface area contributed by atoms with E-state index in [0.717, 1.165) is 5.56 Å². The van der Waals surface area contributed by atoms with Crippen LogP contribution in [-0.4, -0.2) is 52.4 Å². The van der Waals surface area contributed by atoms with Crippen LogP contribution in [0.4, 0.5) is 10.1 Å². The highest BCUT2D eigenvalue weighted by Gasteiger charge is 2.41. The lowest BCUT2D eigenvalue weighted by Gasteiger charge is -2.23. The Kier molecular flexibility index (Phi) is 6.96. The van der Waals surface area contributed by atoms with E-state index in [2.05, 4.69) is 5.32 Å². The zero-order valence-electron chi connectivity index (χ0n) is 17.1. The Hall–Kier alpha value is -3.33. The van der Waals surface area contributed by atoms with Crippen LogP contribution in [0.25, 0.3) is 0 Å². The number of benzene rings is 2. The third kappa shape index (κ3) is 5.24. The van der Waals surface area contributed by atoms with E-state index in [1.807, 2.05) is 0 Å². The molecule has 7 nitrogen and oxygen atoms in total. The number of likely N-dealkylation sites (N-methyl/N-ethyl adjacent to an activating group) is 1. The van der Waals surface area contributed by atoms with Crippen LogP contribution < -0.4 is 5.32 Å². The van der Waals surface area contributed by atoms with Gasteiger partial charge in [-0.2, -0.15) is 0 Å². The van der Waals surface area contributed by atoms with Gasteiger partial charge in [0.25, 0.3) is 5.91 Å². The van der Waals surface area contributed by atoms with Crippen molar-refractivity contribution >= 4 is 40.8 Å². The van der Waals surface area contributed by atoms with E-state index < -0.39 is 12.0 Å². The van der Waals surface area contributed by atoms with Gasteiger partial charge in [0, 0.05) is 19.3 Å². The number of thiocarbonyl (C=S) groups is 1. The number of carbonyl (C=O) groups is 3. The Labute approximate surface area is 184 Å². The van der Waals surface area contributed by atoms with Gasteiger partial charge in [0.1, 0.15) is 11.9 Å². The maximum absolute atomic E-state index is 13.2. The van der Waals surface area contributed by atoms with Crippen LogP contribution in [0.5, 0.6) is 0 Å². The van der Waals surface area contributed by atoms with Gasteiger partial charge >= 0.3 is 5.97 Å². The molecule has 0 bridgehead atoms. The van der Waals surface area contributed by atoms with Crippen molar-refractivity contribution in [3.63, 3.8) is 0 Å². The monoisotopic (exact) mass is 443 g/mol. The second-order valence-corrected chi connectivity index (χ2v) is 7.37. The molecule has 1 saturated heterocycles. The summed E-state index contributed by atoms with van der Waals surface area (Å²) in [5.74, 6) is -1.44. The number of amides is 2. The first-order valence-electron chi connectivity index (χ1n) is 9.69. The predicted molar refractivity (Wildman–Crippen MR) is 117 cm³/mol. The molecule has 2 amide bonds. The molecule has 1 heterocycles. The van der Waals surface area contributed by atoms with Crippen molar-refractivity contribution in [2.45, 2.75) is 25.9 Å². The van der Waals surface area contributed by atoms with Gasteiger partial charge in [0.2, 0.25) is 5.91 Å². The van der Waals surface area contributed by atoms with Crippen LogP contribution in [0, 0.1) is 5.82 Å². The molecule has 1 aliphatic rings. The Balaban J connectivity index is 1.67. The highest BCUT2D eigenvalue weighted by Crippen LogP contribution is 2.23. The summed E-state index contributed by atoms with van der Waals surface area (Å²) in [6, 6.07) is 11.4. The van der Waals surface area contributed by atoms with Gasteiger partial charge in [-0.25, -0.2) is 9.18 Å². The van der Waals surface area contributed by atoms with Gasteiger partial charge in [-0.05, 0) is 61.1 Å². The number of nitrogens with one attached hydrogen (secondary N) is 1. The lowest BCUT2D eigenvalue weighted by Crippen LogP contribution is -2.37. The normalized spacial score (nSPS) is 15.9. The van der Waals surface area contributed by atoms with Gasteiger partial charge in [0.15, 0.2) is 5.11 Å². The first-order valence-corrected chi connectivity index (χ1v) is 10.1. The van der Waals surface area contributed by atoms with E-state index in [9.17, 15) is 18.8 Å². The summed E-state index contributed by atoms with van der Waals surface area (Å²) in [7, 11) is 1.56. The van der Waals surface area contributed by atoms with Crippen LogP contribution in [0.3, 0.4) is 0 Å². The average Bonchev–Trinajstić information content (AvgIpc) is 2.94. The van der Waals surface area contributed by atoms with Crippen LogP contribution >= 0.6 is 12.2 Å². The molecule has 3 rings (SSSR count). The molecular formula is C22H22FN3O4S. The third-order valence-electron chi connectivity index (χ3n) is 4.85. The van der Waals surface area contributed by atoms with E-state index in [-0.39, 0.29) is 37.2 Å². The van der Waals surface area contributed by atoms with Crippen LogP contribution in [-0.2, 0) is 20.9 Å². The SMILES string of the molecule is CCOC(=O)c1ccc(NC(=O)CC2C(=O)N(C)C(=S)N2Cc2ccc(F)cc2)cc1. The van der Waals surface area contributed by atoms with Crippen LogP contribution in [0.2, 0.25) is 0 Å². The Bertz CT molecular complexity index is 995. The fourth-order valence-electron chi connectivity index (χ4n) is 3.23. The minimum atomic E-state index is -0.763. The lowest BCUT2D eigenvalue weighted by molar-refractivity contribution is -0.130. The molecule has 1 N–H and O–H groups in total. The summed E-state index contributed by atoms with van der Waals surface area (Å²) in [5.41, 5.74) is 1.64. The van der Waals surface area contributed by atoms with E-state index in [1.54, 1.807) is 55.3 Å². The number of ether oxygens (including phenoxy) is 1. The van der Waals surface area contributed by atoms with E-state index in [0.29, 0.717) is 16.4 Å². The second-order valence-electron chi connectivity index (χ2n) is 7.00. The number of rotatable bonds is 7. The zero-order valence-corrected chi connectivity index (χ0v) is 17.9.